The smallest absolute Gasteiger partial charge is 0.326 e. The van der Waals surface area contributed by atoms with Crippen LogP contribution in [0.15, 0.2) is 47.1 Å². The number of pyridine rings is 1. The molecule has 0 saturated carbocycles. The van der Waals surface area contributed by atoms with Crippen molar-refractivity contribution in [2.45, 2.75) is 13.5 Å². The van der Waals surface area contributed by atoms with Gasteiger partial charge >= 0.3 is 5.97 Å². The summed E-state index contributed by atoms with van der Waals surface area (Å²) in [6.45, 7) is 2.25. The molecule has 112 valence electrons. The molecule has 22 heavy (non-hydrogen) atoms. The van der Waals surface area contributed by atoms with E-state index < -0.39 is 0 Å². The predicted molar refractivity (Wildman–Crippen MR) is 87.3 cm³/mol. The number of fused-ring (bicyclic) bond motifs is 1. The van der Waals surface area contributed by atoms with E-state index in [0.717, 1.165) is 15.6 Å². The quantitative estimate of drug-likeness (QED) is 0.669. The number of esters is 1. The molecule has 6 heteroatoms. The average molecular weight is 360 g/mol. The number of halogens is 1. The van der Waals surface area contributed by atoms with Gasteiger partial charge in [-0.15, -0.1) is 0 Å². The van der Waals surface area contributed by atoms with Crippen molar-refractivity contribution in [2.75, 3.05) is 6.61 Å². The minimum Gasteiger partial charge on any atom is -0.465 e. The van der Waals surface area contributed by atoms with Gasteiger partial charge in [-0.25, -0.2) is 9.97 Å². The lowest BCUT2D eigenvalue weighted by atomic mass is 10.2. The van der Waals surface area contributed by atoms with Gasteiger partial charge in [-0.05, 0) is 28.9 Å². The number of aromatic nitrogens is 3. The zero-order valence-electron chi connectivity index (χ0n) is 12.0. The van der Waals surface area contributed by atoms with E-state index in [4.69, 9.17) is 4.74 Å². The minimum atomic E-state index is -0.293. The third kappa shape index (κ3) is 2.87. The van der Waals surface area contributed by atoms with Crippen LogP contribution in [0.2, 0.25) is 0 Å². The fraction of sp³-hybridized carbons (Fsp3) is 0.188. The molecule has 0 atom stereocenters. The Balaban J connectivity index is 2.16. The highest BCUT2D eigenvalue weighted by molar-refractivity contribution is 9.10. The summed E-state index contributed by atoms with van der Waals surface area (Å²) in [6.07, 6.45) is 1.69. The Bertz CT molecular complexity index is 815. The van der Waals surface area contributed by atoms with E-state index in [1.807, 2.05) is 41.0 Å². The molecule has 0 unspecified atom stereocenters. The van der Waals surface area contributed by atoms with Gasteiger partial charge in [0.25, 0.3) is 0 Å². The van der Waals surface area contributed by atoms with E-state index in [9.17, 15) is 4.79 Å². The second kappa shape index (κ2) is 6.27. The standard InChI is InChI=1S/C16H14BrN3O2/c1-2-22-14(21)10-20-13-8-12(17)9-18-15(13)19-16(20)11-6-4-3-5-7-11/h3-9H,2,10H2,1H3. The van der Waals surface area contributed by atoms with Gasteiger partial charge in [0.05, 0.1) is 12.1 Å². The van der Waals surface area contributed by atoms with Crippen molar-refractivity contribution in [3.63, 3.8) is 0 Å². The summed E-state index contributed by atoms with van der Waals surface area (Å²) >= 11 is 3.41. The highest BCUT2D eigenvalue weighted by atomic mass is 79.9. The second-order valence-electron chi connectivity index (χ2n) is 4.69. The van der Waals surface area contributed by atoms with Crippen LogP contribution in [0.3, 0.4) is 0 Å². The maximum absolute atomic E-state index is 11.9. The van der Waals surface area contributed by atoms with Crippen LogP contribution in [0.4, 0.5) is 0 Å². The number of nitrogens with zero attached hydrogens (tertiary/aromatic N) is 3. The molecule has 3 rings (SSSR count). The first-order chi connectivity index (χ1) is 10.7. The molecule has 0 N–H and O–H groups in total. The Labute approximate surface area is 136 Å². The molecule has 0 aliphatic carbocycles. The van der Waals surface area contributed by atoms with Crippen molar-refractivity contribution in [1.82, 2.24) is 14.5 Å². The van der Waals surface area contributed by atoms with Crippen LogP contribution in [0, 0.1) is 0 Å². The Hall–Kier alpha value is -2.21. The normalized spacial score (nSPS) is 10.8. The number of hydrogen-bond acceptors (Lipinski definition) is 4. The van der Waals surface area contributed by atoms with E-state index in [0.29, 0.717) is 18.1 Å². The third-order valence-electron chi connectivity index (χ3n) is 3.20. The van der Waals surface area contributed by atoms with Crippen molar-refractivity contribution >= 4 is 33.1 Å². The number of carbonyl (C=O) groups is 1. The molecule has 2 heterocycles. The first-order valence-corrected chi connectivity index (χ1v) is 7.71. The van der Waals surface area contributed by atoms with Crippen molar-refractivity contribution in [1.29, 1.82) is 0 Å². The van der Waals surface area contributed by atoms with E-state index in [2.05, 4.69) is 25.9 Å². The molecule has 0 bridgehead atoms. The van der Waals surface area contributed by atoms with Crippen LogP contribution in [0.25, 0.3) is 22.6 Å². The van der Waals surface area contributed by atoms with E-state index in [-0.39, 0.29) is 12.5 Å². The van der Waals surface area contributed by atoms with Crippen LogP contribution in [0.5, 0.6) is 0 Å². The molecule has 1 aromatic carbocycles. The minimum absolute atomic E-state index is 0.104. The molecular formula is C16H14BrN3O2. The number of imidazole rings is 1. The third-order valence-corrected chi connectivity index (χ3v) is 3.63. The second-order valence-corrected chi connectivity index (χ2v) is 5.60. The number of rotatable bonds is 4. The molecule has 2 aromatic heterocycles. The van der Waals surface area contributed by atoms with Gasteiger partial charge in [-0.2, -0.15) is 0 Å². The predicted octanol–water partition coefficient (Wildman–Crippen LogP) is 3.42. The Kier molecular flexibility index (Phi) is 4.20. The van der Waals surface area contributed by atoms with Crippen LogP contribution in [-0.4, -0.2) is 27.1 Å². The van der Waals surface area contributed by atoms with Gasteiger partial charge in [0.15, 0.2) is 5.65 Å². The highest BCUT2D eigenvalue weighted by Crippen LogP contribution is 2.25. The fourth-order valence-electron chi connectivity index (χ4n) is 2.28. The molecule has 0 spiro atoms. The van der Waals surface area contributed by atoms with Crippen LogP contribution in [-0.2, 0) is 16.1 Å². The summed E-state index contributed by atoms with van der Waals surface area (Å²) in [5.41, 5.74) is 2.33. The van der Waals surface area contributed by atoms with Gasteiger partial charge < -0.3 is 9.30 Å². The molecule has 5 nitrogen and oxygen atoms in total. The number of carbonyl (C=O) groups excluding carboxylic acids is 1. The molecule has 0 fully saturated rings. The van der Waals surface area contributed by atoms with Crippen molar-refractivity contribution < 1.29 is 9.53 Å². The van der Waals surface area contributed by atoms with Gasteiger partial charge in [0, 0.05) is 16.2 Å². The van der Waals surface area contributed by atoms with E-state index in [1.165, 1.54) is 0 Å². The SMILES string of the molecule is CCOC(=O)Cn1c(-c2ccccc2)nc2ncc(Br)cc21. The Morgan fingerprint density at radius 2 is 2.09 bits per heavy atom. The molecule has 0 saturated heterocycles. The lowest BCUT2D eigenvalue weighted by Gasteiger charge is -2.08. The Morgan fingerprint density at radius 3 is 2.82 bits per heavy atom. The Morgan fingerprint density at radius 1 is 1.32 bits per heavy atom. The monoisotopic (exact) mass is 359 g/mol. The molecule has 0 aliphatic heterocycles. The summed E-state index contributed by atoms with van der Waals surface area (Å²) in [4.78, 5) is 20.8. The summed E-state index contributed by atoms with van der Waals surface area (Å²) in [7, 11) is 0. The van der Waals surface area contributed by atoms with Gasteiger partial charge in [0.1, 0.15) is 12.4 Å². The van der Waals surface area contributed by atoms with Crippen molar-refractivity contribution in [2.24, 2.45) is 0 Å². The van der Waals surface area contributed by atoms with Crippen LogP contribution < -0.4 is 0 Å². The van der Waals surface area contributed by atoms with Crippen molar-refractivity contribution in [3.8, 4) is 11.4 Å². The van der Waals surface area contributed by atoms with Gasteiger partial charge in [-0.1, -0.05) is 30.3 Å². The van der Waals surface area contributed by atoms with Gasteiger partial charge in [-0.3, -0.25) is 4.79 Å². The van der Waals surface area contributed by atoms with Crippen LogP contribution in [0.1, 0.15) is 6.92 Å². The average Bonchev–Trinajstić information content (AvgIpc) is 2.86. The van der Waals surface area contributed by atoms with Gasteiger partial charge in [0.2, 0.25) is 0 Å². The summed E-state index contributed by atoms with van der Waals surface area (Å²) < 4.78 is 7.74. The first kappa shape index (κ1) is 14.7. The summed E-state index contributed by atoms with van der Waals surface area (Å²) in [5, 5.41) is 0. The number of hydrogen-bond donors (Lipinski definition) is 0. The lowest BCUT2D eigenvalue weighted by molar-refractivity contribution is -0.143. The zero-order chi connectivity index (χ0) is 15.5. The topological polar surface area (TPSA) is 57.0 Å². The van der Waals surface area contributed by atoms with E-state index in [1.54, 1.807) is 13.1 Å². The summed E-state index contributed by atoms with van der Waals surface area (Å²) in [5.74, 6) is 0.410. The molecule has 0 amide bonds. The fourth-order valence-corrected chi connectivity index (χ4v) is 2.60. The molecule has 0 radical (unpaired) electrons. The number of benzene rings is 1. The zero-order valence-corrected chi connectivity index (χ0v) is 13.6. The maximum atomic E-state index is 11.9. The largest absolute Gasteiger partial charge is 0.465 e. The summed E-state index contributed by atoms with van der Waals surface area (Å²) in [6, 6.07) is 11.6. The van der Waals surface area contributed by atoms with E-state index >= 15 is 0 Å². The number of ether oxygens (including phenoxy) is 1. The lowest BCUT2D eigenvalue weighted by Crippen LogP contribution is -2.14. The molecular weight excluding hydrogens is 346 g/mol. The molecule has 3 aromatic rings. The molecule has 0 aliphatic rings. The van der Waals surface area contributed by atoms with Crippen LogP contribution >= 0.6 is 15.9 Å². The maximum Gasteiger partial charge on any atom is 0.326 e. The highest BCUT2D eigenvalue weighted by Gasteiger charge is 2.16. The van der Waals surface area contributed by atoms with Crippen molar-refractivity contribution in [3.05, 3.63) is 47.1 Å². The first-order valence-electron chi connectivity index (χ1n) is 6.92.